The van der Waals surface area contributed by atoms with Gasteiger partial charge in [-0.3, -0.25) is 4.90 Å². The largest absolute Gasteiger partial charge is 0.380 e. The number of halogens is 2. The van der Waals surface area contributed by atoms with Crippen LogP contribution in [0.25, 0.3) is 0 Å². The molecular formula is C8H15I2NO2. The molecule has 0 N–H and O–H groups in total. The van der Waals surface area contributed by atoms with Crippen LogP contribution in [0.4, 0.5) is 0 Å². The molecule has 0 unspecified atom stereocenters. The summed E-state index contributed by atoms with van der Waals surface area (Å²) >= 11 is 4.53. The Balaban J connectivity index is 2.26. The van der Waals surface area contributed by atoms with Crippen LogP contribution >= 0.6 is 45.2 Å². The SMILES string of the molecule is CO[C@@H]1C[C@@H](COC(I)I)N(C)C1. The number of hydrogen-bond donors (Lipinski definition) is 0. The fraction of sp³-hybridized carbons (Fsp3) is 1.00. The summed E-state index contributed by atoms with van der Waals surface area (Å²) in [6, 6.07) is 0.525. The summed E-state index contributed by atoms with van der Waals surface area (Å²) in [6.07, 6.45) is 1.48. The predicted molar refractivity (Wildman–Crippen MR) is 69.6 cm³/mol. The van der Waals surface area contributed by atoms with E-state index in [1.807, 2.05) is 0 Å². The molecule has 5 heteroatoms. The second-order valence-corrected chi connectivity index (χ2v) is 7.93. The number of ether oxygens (including phenoxy) is 2. The normalized spacial score (nSPS) is 30.2. The topological polar surface area (TPSA) is 21.7 Å². The van der Waals surface area contributed by atoms with E-state index >= 15 is 0 Å². The molecule has 1 aliphatic heterocycles. The lowest BCUT2D eigenvalue weighted by atomic mass is 10.2. The number of rotatable bonds is 4. The van der Waals surface area contributed by atoms with E-state index in [9.17, 15) is 0 Å². The average Bonchev–Trinajstić information content (AvgIpc) is 2.43. The second kappa shape index (κ2) is 6.04. The highest BCUT2D eigenvalue weighted by atomic mass is 127. The summed E-state index contributed by atoms with van der Waals surface area (Å²) in [5, 5.41) is 0. The van der Waals surface area contributed by atoms with E-state index in [4.69, 9.17) is 9.47 Å². The standard InChI is InChI=1S/C8H15I2NO2/c1-11-4-7(12-2)3-6(11)5-13-8(9)10/h6-8H,3-5H2,1-2H3/t6-,7+/m0/s1. The minimum atomic E-state index is 0.269. The summed E-state index contributed by atoms with van der Waals surface area (Å²) in [4.78, 5) is 2.31. The van der Waals surface area contributed by atoms with Crippen LogP contribution in [0, 0.1) is 0 Å². The molecule has 0 aliphatic carbocycles. The Labute approximate surface area is 107 Å². The van der Waals surface area contributed by atoms with Crippen molar-refractivity contribution in [1.29, 1.82) is 0 Å². The minimum Gasteiger partial charge on any atom is -0.380 e. The van der Waals surface area contributed by atoms with E-state index in [0.29, 0.717) is 12.1 Å². The van der Waals surface area contributed by atoms with Crippen LogP contribution in [-0.2, 0) is 9.47 Å². The maximum atomic E-state index is 5.57. The Morgan fingerprint density at radius 2 is 2.23 bits per heavy atom. The van der Waals surface area contributed by atoms with Gasteiger partial charge in [0.15, 0.2) is 2.12 Å². The van der Waals surface area contributed by atoms with Crippen LogP contribution in [0.1, 0.15) is 6.42 Å². The molecule has 1 rings (SSSR count). The highest BCUT2D eigenvalue weighted by molar-refractivity contribution is 14.2. The van der Waals surface area contributed by atoms with Crippen LogP contribution in [0.15, 0.2) is 0 Å². The average molecular weight is 411 g/mol. The number of likely N-dealkylation sites (N-methyl/N-ethyl adjacent to an activating group) is 1. The molecule has 0 aromatic carbocycles. The number of methoxy groups -OCH3 is 1. The van der Waals surface area contributed by atoms with Crippen molar-refractivity contribution in [2.75, 3.05) is 27.3 Å². The Morgan fingerprint density at radius 1 is 1.54 bits per heavy atom. The molecule has 0 aromatic rings. The molecule has 3 nitrogen and oxygen atoms in total. The molecule has 78 valence electrons. The fourth-order valence-electron chi connectivity index (χ4n) is 1.58. The first-order chi connectivity index (χ1) is 6.13. The van der Waals surface area contributed by atoms with Crippen LogP contribution in [0.5, 0.6) is 0 Å². The number of nitrogens with zero attached hydrogens (tertiary/aromatic N) is 1. The van der Waals surface area contributed by atoms with Crippen LogP contribution in [0.3, 0.4) is 0 Å². The van der Waals surface area contributed by atoms with E-state index in [1.165, 1.54) is 0 Å². The van der Waals surface area contributed by atoms with Crippen molar-refractivity contribution in [2.45, 2.75) is 20.7 Å². The molecule has 1 heterocycles. The summed E-state index contributed by atoms with van der Waals surface area (Å²) in [5.74, 6) is 0. The van der Waals surface area contributed by atoms with Gasteiger partial charge in [-0.15, -0.1) is 0 Å². The zero-order chi connectivity index (χ0) is 9.84. The van der Waals surface area contributed by atoms with Crippen molar-refractivity contribution in [3.8, 4) is 0 Å². The van der Waals surface area contributed by atoms with Gasteiger partial charge < -0.3 is 9.47 Å². The predicted octanol–water partition coefficient (Wildman–Crippen LogP) is 1.88. The van der Waals surface area contributed by atoms with Gasteiger partial charge in [0.05, 0.1) is 12.7 Å². The summed E-state index contributed by atoms with van der Waals surface area (Å²) < 4.78 is 11.2. The first-order valence-electron chi connectivity index (χ1n) is 4.26. The number of alkyl halides is 2. The smallest absolute Gasteiger partial charge is 0.159 e. The highest BCUT2D eigenvalue weighted by Crippen LogP contribution is 2.20. The lowest BCUT2D eigenvalue weighted by Crippen LogP contribution is -2.29. The van der Waals surface area contributed by atoms with E-state index in [2.05, 4.69) is 57.1 Å². The minimum absolute atomic E-state index is 0.269. The molecule has 0 amide bonds. The maximum absolute atomic E-state index is 5.57. The van der Waals surface area contributed by atoms with Gasteiger partial charge in [0, 0.05) is 19.7 Å². The molecule has 2 atom stereocenters. The molecule has 0 aromatic heterocycles. The molecule has 13 heavy (non-hydrogen) atoms. The third-order valence-corrected chi connectivity index (χ3v) is 3.12. The highest BCUT2D eigenvalue weighted by Gasteiger charge is 2.29. The zero-order valence-electron chi connectivity index (χ0n) is 7.87. The lowest BCUT2D eigenvalue weighted by Gasteiger charge is -2.18. The second-order valence-electron chi connectivity index (χ2n) is 3.28. The van der Waals surface area contributed by atoms with Crippen molar-refractivity contribution in [3.63, 3.8) is 0 Å². The third kappa shape index (κ3) is 4.15. The van der Waals surface area contributed by atoms with Crippen molar-refractivity contribution in [1.82, 2.24) is 4.90 Å². The van der Waals surface area contributed by atoms with Crippen molar-refractivity contribution < 1.29 is 9.47 Å². The van der Waals surface area contributed by atoms with Gasteiger partial charge >= 0.3 is 0 Å². The maximum Gasteiger partial charge on any atom is 0.159 e. The van der Waals surface area contributed by atoms with Gasteiger partial charge in [-0.05, 0) is 58.7 Å². The Bertz CT molecular complexity index is 157. The molecule has 0 saturated carbocycles. The Hall–Kier alpha value is 1.34. The Kier molecular flexibility index (Phi) is 5.77. The van der Waals surface area contributed by atoms with Gasteiger partial charge in [-0.1, -0.05) is 0 Å². The van der Waals surface area contributed by atoms with E-state index in [1.54, 1.807) is 7.11 Å². The Morgan fingerprint density at radius 3 is 2.69 bits per heavy atom. The quantitative estimate of drug-likeness (QED) is 0.521. The van der Waals surface area contributed by atoms with Crippen LogP contribution < -0.4 is 0 Å². The lowest BCUT2D eigenvalue weighted by molar-refractivity contribution is 0.108. The van der Waals surface area contributed by atoms with Gasteiger partial charge in [0.1, 0.15) is 0 Å². The third-order valence-electron chi connectivity index (χ3n) is 2.40. The van der Waals surface area contributed by atoms with Crippen molar-refractivity contribution in [3.05, 3.63) is 0 Å². The first kappa shape index (κ1) is 12.4. The summed E-state index contributed by atoms with van der Waals surface area (Å²) in [6.45, 7) is 1.84. The van der Waals surface area contributed by atoms with E-state index in [0.717, 1.165) is 19.6 Å². The summed E-state index contributed by atoms with van der Waals surface area (Å²) in [7, 11) is 3.91. The van der Waals surface area contributed by atoms with Crippen molar-refractivity contribution in [2.24, 2.45) is 0 Å². The van der Waals surface area contributed by atoms with Crippen LogP contribution in [-0.4, -0.2) is 46.5 Å². The molecule has 0 bridgehead atoms. The first-order valence-corrected chi connectivity index (χ1v) is 6.75. The molecule has 1 saturated heterocycles. The zero-order valence-corrected chi connectivity index (χ0v) is 12.2. The van der Waals surface area contributed by atoms with Gasteiger partial charge in [-0.25, -0.2) is 0 Å². The van der Waals surface area contributed by atoms with Gasteiger partial charge in [-0.2, -0.15) is 0 Å². The van der Waals surface area contributed by atoms with Crippen LogP contribution in [0.2, 0.25) is 0 Å². The molecule has 0 radical (unpaired) electrons. The molecular weight excluding hydrogens is 396 g/mol. The molecule has 0 spiro atoms. The van der Waals surface area contributed by atoms with Crippen molar-refractivity contribution >= 4 is 45.2 Å². The molecule has 1 aliphatic rings. The number of hydrogen-bond acceptors (Lipinski definition) is 3. The van der Waals surface area contributed by atoms with Gasteiger partial charge in [0.25, 0.3) is 0 Å². The summed E-state index contributed by atoms with van der Waals surface area (Å²) in [5.41, 5.74) is 0. The monoisotopic (exact) mass is 411 g/mol. The fourth-order valence-corrected chi connectivity index (χ4v) is 1.99. The van der Waals surface area contributed by atoms with Gasteiger partial charge in [0.2, 0.25) is 0 Å². The van der Waals surface area contributed by atoms with E-state index < -0.39 is 0 Å². The molecule has 1 fully saturated rings. The van der Waals surface area contributed by atoms with E-state index in [-0.39, 0.29) is 2.12 Å². The number of likely N-dealkylation sites (tertiary alicyclic amines) is 1.